The van der Waals surface area contributed by atoms with Crippen LogP contribution in [0.15, 0.2) is 43.0 Å². The molecule has 76 valence electrons. The Balaban J connectivity index is 2.67. The summed E-state index contributed by atoms with van der Waals surface area (Å²) in [5, 5.41) is 1.18. The van der Waals surface area contributed by atoms with Gasteiger partial charge in [-0.1, -0.05) is 24.3 Å². The molecule has 1 aromatic heterocycles. The Morgan fingerprint density at radius 1 is 1.40 bits per heavy atom. The predicted molar refractivity (Wildman–Crippen MR) is 63.6 cm³/mol. The summed E-state index contributed by atoms with van der Waals surface area (Å²) in [7, 11) is 0. The monoisotopic (exact) mass is 198 g/mol. The lowest BCUT2D eigenvalue weighted by Crippen LogP contribution is -2.09. The van der Waals surface area contributed by atoms with Crippen molar-refractivity contribution in [1.29, 1.82) is 0 Å². The summed E-state index contributed by atoms with van der Waals surface area (Å²) in [5.41, 5.74) is 8.94. The summed E-state index contributed by atoms with van der Waals surface area (Å²) in [6.45, 7) is 5.75. The van der Waals surface area contributed by atoms with Crippen LogP contribution in [-0.4, -0.2) is 4.98 Å². The van der Waals surface area contributed by atoms with Gasteiger partial charge in [-0.3, -0.25) is 4.98 Å². The van der Waals surface area contributed by atoms with Gasteiger partial charge in [-0.25, -0.2) is 0 Å². The number of hydrogen-bond donors (Lipinski definition) is 1. The maximum atomic E-state index is 5.87. The second kappa shape index (κ2) is 3.83. The second-order valence-electron chi connectivity index (χ2n) is 3.64. The van der Waals surface area contributed by atoms with E-state index in [4.69, 9.17) is 5.73 Å². The van der Waals surface area contributed by atoms with Crippen LogP contribution in [-0.2, 0) is 0 Å². The summed E-state index contributed by atoms with van der Waals surface area (Å²) >= 11 is 0. The van der Waals surface area contributed by atoms with Gasteiger partial charge in [0.25, 0.3) is 0 Å². The third kappa shape index (κ3) is 1.76. The van der Waals surface area contributed by atoms with E-state index in [1.54, 1.807) is 6.08 Å². The molecule has 15 heavy (non-hydrogen) atoms. The highest BCUT2D eigenvalue weighted by Gasteiger charge is 2.06. The van der Waals surface area contributed by atoms with Gasteiger partial charge in [-0.05, 0) is 24.6 Å². The molecule has 0 saturated heterocycles. The molecule has 0 bridgehead atoms. The molecule has 0 radical (unpaired) electrons. The van der Waals surface area contributed by atoms with E-state index in [0.717, 1.165) is 11.2 Å². The lowest BCUT2D eigenvalue weighted by Gasteiger charge is -2.09. The highest BCUT2D eigenvalue weighted by molar-refractivity contribution is 5.82. The number of rotatable bonds is 2. The summed E-state index contributed by atoms with van der Waals surface area (Å²) in [4.78, 5) is 4.51. The predicted octanol–water partition coefficient (Wildman–Crippen LogP) is 2.73. The Bertz CT molecular complexity index is 503. The average Bonchev–Trinajstić information content (AvgIpc) is 2.28. The highest BCUT2D eigenvalue weighted by Crippen LogP contribution is 2.20. The van der Waals surface area contributed by atoms with E-state index >= 15 is 0 Å². The molecule has 1 heterocycles. The van der Waals surface area contributed by atoms with E-state index in [1.807, 2.05) is 24.3 Å². The molecule has 2 rings (SSSR count). The molecular weight excluding hydrogens is 184 g/mol. The molecule has 0 saturated carbocycles. The Kier molecular flexibility index (Phi) is 2.52. The maximum absolute atomic E-state index is 5.87. The lowest BCUT2D eigenvalue weighted by molar-refractivity contribution is 0.870. The van der Waals surface area contributed by atoms with Gasteiger partial charge in [0.15, 0.2) is 0 Å². The van der Waals surface area contributed by atoms with Gasteiger partial charge in [0, 0.05) is 5.39 Å². The first-order chi connectivity index (χ1) is 7.22. The SMILES string of the molecule is C=CC(N)c1cc(C)c2ccccc2n1. The molecular formula is C13H14N2. The summed E-state index contributed by atoms with van der Waals surface area (Å²) in [6.07, 6.45) is 1.70. The van der Waals surface area contributed by atoms with Crippen LogP contribution in [0, 0.1) is 6.92 Å². The van der Waals surface area contributed by atoms with E-state index in [-0.39, 0.29) is 6.04 Å². The zero-order valence-corrected chi connectivity index (χ0v) is 8.77. The van der Waals surface area contributed by atoms with Crippen molar-refractivity contribution in [1.82, 2.24) is 4.98 Å². The first-order valence-corrected chi connectivity index (χ1v) is 4.97. The van der Waals surface area contributed by atoms with Crippen LogP contribution in [0.1, 0.15) is 17.3 Å². The van der Waals surface area contributed by atoms with E-state index in [9.17, 15) is 0 Å². The van der Waals surface area contributed by atoms with Crippen molar-refractivity contribution >= 4 is 10.9 Å². The Hall–Kier alpha value is -1.67. The van der Waals surface area contributed by atoms with Crippen molar-refractivity contribution in [2.75, 3.05) is 0 Å². The average molecular weight is 198 g/mol. The van der Waals surface area contributed by atoms with Crippen molar-refractivity contribution in [3.8, 4) is 0 Å². The van der Waals surface area contributed by atoms with Crippen LogP contribution in [0.3, 0.4) is 0 Å². The number of fused-ring (bicyclic) bond motifs is 1. The highest BCUT2D eigenvalue weighted by atomic mass is 14.8. The smallest absolute Gasteiger partial charge is 0.0708 e. The Labute approximate surface area is 89.4 Å². The van der Waals surface area contributed by atoms with Gasteiger partial charge in [-0.2, -0.15) is 0 Å². The van der Waals surface area contributed by atoms with Crippen molar-refractivity contribution in [3.05, 3.63) is 54.2 Å². The molecule has 1 atom stereocenters. The first kappa shape index (κ1) is 9.87. The molecule has 0 aliphatic heterocycles. The van der Waals surface area contributed by atoms with Crippen LogP contribution in [0.25, 0.3) is 10.9 Å². The van der Waals surface area contributed by atoms with E-state index in [1.165, 1.54) is 10.9 Å². The van der Waals surface area contributed by atoms with Gasteiger partial charge in [0.1, 0.15) is 0 Å². The van der Waals surface area contributed by atoms with Crippen LogP contribution in [0.2, 0.25) is 0 Å². The van der Waals surface area contributed by atoms with Crippen LogP contribution in [0.4, 0.5) is 0 Å². The fourth-order valence-corrected chi connectivity index (χ4v) is 1.67. The Morgan fingerprint density at radius 3 is 2.87 bits per heavy atom. The quantitative estimate of drug-likeness (QED) is 0.753. The molecule has 1 unspecified atom stereocenters. The van der Waals surface area contributed by atoms with Crippen LogP contribution in [0.5, 0.6) is 0 Å². The fraction of sp³-hybridized carbons (Fsp3) is 0.154. The topological polar surface area (TPSA) is 38.9 Å². The molecule has 0 aliphatic carbocycles. The number of pyridine rings is 1. The number of aryl methyl sites for hydroxylation is 1. The Morgan fingerprint density at radius 2 is 2.13 bits per heavy atom. The largest absolute Gasteiger partial charge is 0.319 e. The minimum absolute atomic E-state index is 0.187. The molecule has 2 heteroatoms. The summed E-state index contributed by atoms with van der Waals surface area (Å²) < 4.78 is 0. The number of hydrogen-bond acceptors (Lipinski definition) is 2. The van der Waals surface area contributed by atoms with Gasteiger partial charge in [0.05, 0.1) is 17.3 Å². The molecule has 2 nitrogen and oxygen atoms in total. The summed E-state index contributed by atoms with van der Waals surface area (Å²) in [6, 6.07) is 9.91. The molecule has 2 N–H and O–H groups in total. The number of nitrogens with zero attached hydrogens (tertiary/aromatic N) is 1. The van der Waals surface area contributed by atoms with Crippen molar-refractivity contribution in [2.24, 2.45) is 5.73 Å². The van der Waals surface area contributed by atoms with Crippen molar-refractivity contribution < 1.29 is 0 Å². The lowest BCUT2D eigenvalue weighted by atomic mass is 10.1. The van der Waals surface area contributed by atoms with Crippen molar-refractivity contribution in [2.45, 2.75) is 13.0 Å². The third-order valence-electron chi connectivity index (χ3n) is 2.54. The zero-order valence-electron chi connectivity index (χ0n) is 8.77. The number of para-hydroxylation sites is 1. The minimum atomic E-state index is -0.187. The second-order valence-corrected chi connectivity index (χ2v) is 3.64. The van der Waals surface area contributed by atoms with E-state index in [0.29, 0.717) is 0 Å². The van der Waals surface area contributed by atoms with Crippen molar-refractivity contribution in [3.63, 3.8) is 0 Å². The molecule has 0 amide bonds. The zero-order chi connectivity index (χ0) is 10.8. The van der Waals surface area contributed by atoms with E-state index < -0.39 is 0 Å². The maximum Gasteiger partial charge on any atom is 0.0708 e. The molecule has 0 fully saturated rings. The van der Waals surface area contributed by atoms with E-state index in [2.05, 4.69) is 24.6 Å². The normalized spacial score (nSPS) is 12.7. The molecule has 0 aliphatic rings. The molecule has 0 spiro atoms. The van der Waals surface area contributed by atoms with Gasteiger partial charge >= 0.3 is 0 Å². The van der Waals surface area contributed by atoms with Crippen LogP contribution < -0.4 is 5.73 Å². The fourth-order valence-electron chi connectivity index (χ4n) is 1.67. The molecule has 2 aromatic rings. The number of benzene rings is 1. The minimum Gasteiger partial charge on any atom is -0.319 e. The van der Waals surface area contributed by atoms with Gasteiger partial charge in [0.2, 0.25) is 0 Å². The third-order valence-corrected chi connectivity index (χ3v) is 2.54. The standard InChI is InChI=1S/C13H14N2/c1-3-11(14)13-8-9(2)10-6-4-5-7-12(10)15-13/h3-8,11H,1,14H2,2H3. The van der Waals surface area contributed by atoms with Crippen LogP contribution >= 0.6 is 0 Å². The van der Waals surface area contributed by atoms with Gasteiger partial charge < -0.3 is 5.73 Å². The first-order valence-electron chi connectivity index (χ1n) is 4.97. The van der Waals surface area contributed by atoms with Gasteiger partial charge in [-0.15, -0.1) is 6.58 Å². The molecule has 1 aromatic carbocycles. The number of aromatic nitrogens is 1. The number of nitrogens with two attached hydrogens (primary N) is 1. The summed E-state index contributed by atoms with van der Waals surface area (Å²) in [5.74, 6) is 0.